The number of carboxylic acid groups (broad SMARTS) is 2. The second-order valence-corrected chi connectivity index (χ2v) is 3.67. The summed E-state index contributed by atoms with van der Waals surface area (Å²) in [5.41, 5.74) is 0. The van der Waals surface area contributed by atoms with Crippen LogP contribution in [0.2, 0.25) is 0 Å². The molecule has 0 heterocycles. The van der Waals surface area contributed by atoms with Crippen LogP contribution < -0.4 is 0 Å². The lowest BCUT2D eigenvalue weighted by atomic mass is 10.1. The maximum atomic E-state index is 10.4. The van der Waals surface area contributed by atoms with Crippen molar-refractivity contribution in [3.8, 4) is 0 Å². The normalized spacial score (nSPS) is 15.9. The largest absolute Gasteiger partial charge is 0.481 e. The van der Waals surface area contributed by atoms with Crippen molar-refractivity contribution in [2.75, 3.05) is 0 Å². The van der Waals surface area contributed by atoms with Crippen LogP contribution in [0.1, 0.15) is 6.92 Å². The molecule has 0 fully saturated rings. The highest BCUT2D eigenvalue weighted by atomic mass is 31.2. The van der Waals surface area contributed by atoms with Gasteiger partial charge in [0.15, 0.2) is 6.10 Å². The van der Waals surface area contributed by atoms with E-state index in [2.05, 4.69) is 4.52 Å². The molecule has 4 N–H and O–H groups in total. The maximum Gasteiger partial charge on any atom is 0.470 e. The second-order valence-electron chi connectivity index (χ2n) is 2.48. The van der Waals surface area contributed by atoms with Crippen molar-refractivity contribution >= 4 is 19.8 Å². The SMILES string of the molecule is CC(C(=O)O)C(OP(=O)(O)O)C(=O)O. The molecule has 0 spiro atoms. The third-order valence-corrected chi connectivity index (χ3v) is 1.84. The lowest BCUT2D eigenvalue weighted by molar-refractivity contribution is -0.157. The summed E-state index contributed by atoms with van der Waals surface area (Å²) >= 11 is 0. The highest BCUT2D eigenvalue weighted by molar-refractivity contribution is 7.46. The minimum atomic E-state index is -5.01. The van der Waals surface area contributed by atoms with Gasteiger partial charge in [-0.25, -0.2) is 9.36 Å². The molecule has 0 amide bonds. The summed E-state index contributed by atoms with van der Waals surface area (Å²) in [6.45, 7) is 0.969. The van der Waals surface area contributed by atoms with Gasteiger partial charge in [0.25, 0.3) is 0 Å². The summed E-state index contributed by atoms with van der Waals surface area (Å²) in [6.07, 6.45) is -2.08. The highest BCUT2D eigenvalue weighted by Gasteiger charge is 2.36. The van der Waals surface area contributed by atoms with Gasteiger partial charge in [-0.3, -0.25) is 9.32 Å². The van der Waals surface area contributed by atoms with Crippen molar-refractivity contribution < 1.29 is 38.7 Å². The minimum absolute atomic E-state index is 0.969. The van der Waals surface area contributed by atoms with E-state index in [9.17, 15) is 14.2 Å². The summed E-state index contributed by atoms with van der Waals surface area (Å²) in [5, 5.41) is 16.8. The molecule has 0 aliphatic rings. The van der Waals surface area contributed by atoms with Crippen molar-refractivity contribution in [3.63, 3.8) is 0 Å². The van der Waals surface area contributed by atoms with Crippen molar-refractivity contribution in [1.82, 2.24) is 0 Å². The van der Waals surface area contributed by atoms with Gasteiger partial charge in [0, 0.05) is 0 Å². The van der Waals surface area contributed by atoms with Gasteiger partial charge in [0.05, 0.1) is 5.92 Å². The van der Waals surface area contributed by atoms with Crippen molar-refractivity contribution in [2.24, 2.45) is 5.92 Å². The summed E-state index contributed by atoms with van der Waals surface area (Å²) < 4.78 is 14.1. The Labute approximate surface area is 78.4 Å². The van der Waals surface area contributed by atoms with E-state index in [0.717, 1.165) is 6.92 Å². The van der Waals surface area contributed by atoms with E-state index in [4.69, 9.17) is 20.0 Å². The van der Waals surface area contributed by atoms with Crippen LogP contribution in [0.5, 0.6) is 0 Å². The van der Waals surface area contributed by atoms with E-state index in [1.165, 1.54) is 0 Å². The summed E-state index contributed by atoms with van der Waals surface area (Å²) in [4.78, 5) is 37.3. The lowest BCUT2D eigenvalue weighted by Gasteiger charge is -2.17. The van der Waals surface area contributed by atoms with Gasteiger partial charge in [0.2, 0.25) is 0 Å². The molecule has 0 aliphatic heterocycles. The Balaban J connectivity index is 4.70. The van der Waals surface area contributed by atoms with Crippen LogP contribution in [-0.2, 0) is 18.7 Å². The van der Waals surface area contributed by atoms with Gasteiger partial charge in [-0.2, -0.15) is 0 Å². The lowest BCUT2D eigenvalue weighted by Crippen LogP contribution is -2.34. The molecule has 9 heteroatoms. The monoisotopic (exact) mass is 228 g/mol. The highest BCUT2D eigenvalue weighted by Crippen LogP contribution is 2.39. The Hall–Kier alpha value is -0.950. The molecule has 0 aromatic carbocycles. The first-order valence-corrected chi connectivity index (χ1v) is 4.87. The van der Waals surface area contributed by atoms with Gasteiger partial charge in [-0.1, -0.05) is 0 Å². The zero-order chi connectivity index (χ0) is 11.5. The van der Waals surface area contributed by atoms with E-state index in [1.807, 2.05) is 0 Å². The molecule has 8 nitrogen and oxygen atoms in total. The molecule has 0 saturated heterocycles. The summed E-state index contributed by atoms with van der Waals surface area (Å²) in [7, 11) is -5.01. The molecule has 0 rings (SSSR count). The molecule has 2 atom stereocenters. The first kappa shape index (κ1) is 13.1. The first-order chi connectivity index (χ1) is 6.15. The van der Waals surface area contributed by atoms with Crippen LogP contribution in [0.3, 0.4) is 0 Å². The summed E-state index contributed by atoms with van der Waals surface area (Å²) in [6, 6.07) is 0. The van der Waals surface area contributed by atoms with Crippen LogP contribution in [0.15, 0.2) is 0 Å². The topological polar surface area (TPSA) is 141 Å². The molecule has 0 radical (unpaired) electrons. The predicted octanol–water partition coefficient (Wildman–Crippen LogP) is -0.730. The van der Waals surface area contributed by atoms with E-state index >= 15 is 0 Å². The van der Waals surface area contributed by atoms with Gasteiger partial charge in [-0.15, -0.1) is 0 Å². The van der Waals surface area contributed by atoms with Crippen LogP contribution in [0.25, 0.3) is 0 Å². The van der Waals surface area contributed by atoms with Crippen LogP contribution in [0.4, 0.5) is 0 Å². The maximum absolute atomic E-state index is 10.4. The molecule has 0 saturated carbocycles. The molecule has 2 unspecified atom stereocenters. The molecular formula is C5H9O8P. The minimum Gasteiger partial charge on any atom is -0.481 e. The van der Waals surface area contributed by atoms with Crippen molar-refractivity contribution in [1.29, 1.82) is 0 Å². The van der Waals surface area contributed by atoms with E-state index < -0.39 is 31.8 Å². The molecule has 0 aromatic rings. The fourth-order valence-electron chi connectivity index (χ4n) is 0.628. The second kappa shape index (κ2) is 4.52. The van der Waals surface area contributed by atoms with Gasteiger partial charge < -0.3 is 20.0 Å². The van der Waals surface area contributed by atoms with Gasteiger partial charge in [-0.05, 0) is 6.92 Å². The molecule has 0 aliphatic carbocycles. The molecule has 82 valence electrons. The Kier molecular flexibility index (Phi) is 4.21. The standard InChI is InChI=1S/C5H9O8P/c1-2(4(6)7)3(5(8)9)13-14(10,11)12/h2-3H,1H3,(H,6,7)(H,8,9)(H2,10,11,12). The number of phosphoric ester groups is 1. The van der Waals surface area contributed by atoms with E-state index in [-0.39, 0.29) is 0 Å². The Bertz CT molecular complexity index is 279. The number of hydrogen-bond acceptors (Lipinski definition) is 4. The average molecular weight is 228 g/mol. The fraction of sp³-hybridized carbons (Fsp3) is 0.600. The predicted molar refractivity (Wildman–Crippen MR) is 41.4 cm³/mol. The third kappa shape index (κ3) is 4.33. The number of carbonyl (C=O) groups is 2. The van der Waals surface area contributed by atoms with Gasteiger partial charge >= 0.3 is 19.8 Å². The quantitative estimate of drug-likeness (QED) is 0.451. The Morgan fingerprint density at radius 1 is 1.21 bits per heavy atom. The Morgan fingerprint density at radius 2 is 1.64 bits per heavy atom. The number of hydrogen-bond donors (Lipinski definition) is 4. The van der Waals surface area contributed by atoms with E-state index in [0.29, 0.717) is 0 Å². The zero-order valence-electron chi connectivity index (χ0n) is 7.02. The number of carboxylic acids is 2. The number of rotatable bonds is 5. The first-order valence-electron chi connectivity index (χ1n) is 3.34. The Morgan fingerprint density at radius 3 is 1.86 bits per heavy atom. The van der Waals surface area contributed by atoms with Crippen LogP contribution in [0, 0.1) is 5.92 Å². The summed E-state index contributed by atoms with van der Waals surface area (Å²) in [5.74, 6) is -4.82. The van der Waals surface area contributed by atoms with Gasteiger partial charge in [0.1, 0.15) is 0 Å². The average Bonchev–Trinajstić information content (AvgIpc) is 1.96. The van der Waals surface area contributed by atoms with Crippen LogP contribution in [-0.4, -0.2) is 38.0 Å². The molecule has 0 aromatic heterocycles. The zero-order valence-corrected chi connectivity index (χ0v) is 7.92. The smallest absolute Gasteiger partial charge is 0.470 e. The van der Waals surface area contributed by atoms with E-state index in [1.54, 1.807) is 0 Å². The molecule has 14 heavy (non-hydrogen) atoms. The number of phosphoric acid groups is 1. The molecular weight excluding hydrogens is 219 g/mol. The van der Waals surface area contributed by atoms with Crippen molar-refractivity contribution in [3.05, 3.63) is 0 Å². The van der Waals surface area contributed by atoms with Crippen molar-refractivity contribution in [2.45, 2.75) is 13.0 Å². The third-order valence-electron chi connectivity index (χ3n) is 1.34. The fourth-order valence-corrected chi connectivity index (χ4v) is 1.20. The number of aliphatic carboxylic acids is 2. The molecule has 0 bridgehead atoms. The van der Waals surface area contributed by atoms with Crippen LogP contribution >= 0.6 is 7.82 Å².